The Bertz CT molecular complexity index is 991. The molecule has 0 aromatic heterocycles. The molecule has 4 nitrogen and oxygen atoms in total. The van der Waals surface area contributed by atoms with Gasteiger partial charge in [0.25, 0.3) is 0 Å². The summed E-state index contributed by atoms with van der Waals surface area (Å²) < 4.78 is 12.2. The van der Waals surface area contributed by atoms with Gasteiger partial charge in [-0.25, -0.2) is 0 Å². The summed E-state index contributed by atoms with van der Waals surface area (Å²) >= 11 is 6.59. The lowest BCUT2D eigenvalue weighted by Crippen LogP contribution is -2.35. The van der Waals surface area contributed by atoms with Gasteiger partial charge in [0.15, 0.2) is 11.5 Å². The maximum Gasteiger partial charge on any atom is 0.163 e. The van der Waals surface area contributed by atoms with Crippen LogP contribution in [0.3, 0.4) is 0 Å². The SMILES string of the molecule is NC(C1CCCC1)C(O)c1cc(OCc2ccccc2)c(OCc2ccccc2)cc1Cl. The van der Waals surface area contributed by atoms with Crippen molar-refractivity contribution in [1.29, 1.82) is 0 Å². The lowest BCUT2D eigenvalue weighted by atomic mass is 9.90. The van der Waals surface area contributed by atoms with E-state index in [0.717, 1.165) is 36.8 Å². The number of hydrogen-bond donors (Lipinski definition) is 2. The van der Waals surface area contributed by atoms with Crippen LogP contribution in [0.1, 0.15) is 48.5 Å². The van der Waals surface area contributed by atoms with Crippen LogP contribution in [0.5, 0.6) is 11.5 Å². The second-order valence-electron chi connectivity index (χ2n) is 8.44. The third-order valence-electron chi connectivity index (χ3n) is 6.16. The monoisotopic (exact) mass is 451 g/mol. The van der Waals surface area contributed by atoms with Crippen molar-refractivity contribution < 1.29 is 14.6 Å². The molecule has 3 aromatic rings. The number of nitrogens with two attached hydrogens (primary N) is 1. The molecule has 3 N–H and O–H groups in total. The van der Waals surface area contributed by atoms with Crippen LogP contribution < -0.4 is 15.2 Å². The van der Waals surface area contributed by atoms with Gasteiger partial charge in [-0.3, -0.25) is 0 Å². The molecule has 2 atom stereocenters. The first kappa shape index (κ1) is 22.7. The number of hydrogen-bond acceptors (Lipinski definition) is 4. The van der Waals surface area contributed by atoms with Crippen LogP contribution in [-0.2, 0) is 13.2 Å². The predicted octanol–water partition coefficient (Wildman–Crippen LogP) is 6.05. The first-order valence-electron chi connectivity index (χ1n) is 11.2. The minimum Gasteiger partial charge on any atom is -0.485 e. The Morgan fingerprint density at radius 1 is 0.844 bits per heavy atom. The van der Waals surface area contributed by atoms with Crippen molar-refractivity contribution in [3.63, 3.8) is 0 Å². The largest absolute Gasteiger partial charge is 0.485 e. The van der Waals surface area contributed by atoms with E-state index < -0.39 is 6.10 Å². The Morgan fingerprint density at radius 3 is 1.88 bits per heavy atom. The van der Waals surface area contributed by atoms with Gasteiger partial charge in [0, 0.05) is 17.7 Å². The standard InChI is InChI=1S/C27H30ClNO3/c28-23-16-25(32-18-20-11-5-2-6-12-20)24(31-17-19-9-3-1-4-10-19)15-22(23)27(30)26(29)21-13-7-8-14-21/h1-6,9-12,15-16,21,26-27,30H,7-8,13-14,17-18,29H2. The number of rotatable bonds is 9. The molecular formula is C27H30ClNO3. The van der Waals surface area contributed by atoms with Crippen molar-refractivity contribution in [2.75, 3.05) is 0 Å². The molecular weight excluding hydrogens is 422 g/mol. The van der Waals surface area contributed by atoms with Crippen molar-refractivity contribution >= 4 is 11.6 Å². The van der Waals surface area contributed by atoms with Gasteiger partial charge in [-0.05, 0) is 36.0 Å². The van der Waals surface area contributed by atoms with E-state index >= 15 is 0 Å². The Hall–Kier alpha value is -2.53. The van der Waals surface area contributed by atoms with Crippen molar-refractivity contribution in [3.05, 3.63) is 94.5 Å². The number of aliphatic hydroxyl groups is 1. The van der Waals surface area contributed by atoms with Gasteiger partial charge in [0.1, 0.15) is 13.2 Å². The highest BCUT2D eigenvalue weighted by Crippen LogP contribution is 2.40. The molecule has 0 aliphatic heterocycles. The molecule has 1 saturated carbocycles. The van der Waals surface area contributed by atoms with Gasteiger partial charge in [0.2, 0.25) is 0 Å². The van der Waals surface area contributed by atoms with E-state index in [4.69, 9.17) is 26.8 Å². The summed E-state index contributed by atoms with van der Waals surface area (Å²) in [6, 6.07) is 23.0. The first-order valence-corrected chi connectivity index (χ1v) is 11.6. The van der Waals surface area contributed by atoms with Crippen LogP contribution in [0.25, 0.3) is 0 Å². The molecule has 0 saturated heterocycles. The second-order valence-corrected chi connectivity index (χ2v) is 8.84. The lowest BCUT2D eigenvalue weighted by molar-refractivity contribution is 0.118. The molecule has 0 radical (unpaired) electrons. The van der Waals surface area contributed by atoms with Gasteiger partial charge in [-0.15, -0.1) is 0 Å². The molecule has 32 heavy (non-hydrogen) atoms. The van der Waals surface area contributed by atoms with E-state index in [1.54, 1.807) is 12.1 Å². The number of halogens is 1. The maximum absolute atomic E-state index is 11.0. The van der Waals surface area contributed by atoms with E-state index in [0.29, 0.717) is 41.2 Å². The van der Waals surface area contributed by atoms with E-state index in [9.17, 15) is 5.11 Å². The molecule has 4 rings (SSSR count). The second kappa shape index (κ2) is 10.9. The minimum atomic E-state index is -0.854. The first-order chi connectivity index (χ1) is 15.6. The van der Waals surface area contributed by atoms with Crippen molar-refractivity contribution in [2.45, 2.75) is 51.0 Å². The van der Waals surface area contributed by atoms with Crippen LogP contribution in [0, 0.1) is 5.92 Å². The minimum absolute atomic E-state index is 0.309. The van der Waals surface area contributed by atoms with Gasteiger partial charge in [-0.2, -0.15) is 0 Å². The van der Waals surface area contributed by atoms with Crippen molar-refractivity contribution in [2.24, 2.45) is 11.7 Å². The predicted molar refractivity (Wildman–Crippen MR) is 128 cm³/mol. The number of aliphatic hydroxyl groups excluding tert-OH is 1. The molecule has 1 aliphatic rings. The molecule has 5 heteroatoms. The normalized spacial score (nSPS) is 16.0. The third kappa shape index (κ3) is 5.63. The van der Waals surface area contributed by atoms with Crippen LogP contribution in [-0.4, -0.2) is 11.1 Å². The van der Waals surface area contributed by atoms with Gasteiger partial charge in [-0.1, -0.05) is 85.1 Å². The van der Waals surface area contributed by atoms with Gasteiger partial charge < -0.3 is 20.3 Å². The fraction of sp³-hybridized carbons (Fsp3) is 0.333. The van der Waals surface area contributed by atoms with E-state index in [2.05, 4.69) is 0 Å². The quantitative estimate of drug-likeness (QED) is 0.415. The molecule has 0 heterocycles. The third-order valence-corrected chi connectivity index (χ3v) is 6.49. The summed E-state index contributed by atoms with van der Waals surface area (Å²) in [5.74, 6) is 1.39. The Morgan fingerprint density at radius 2 is 1.34 bits per heavy atom. The number of benzene rings is 3. The fourth-order valence-electron chi connectivity index (χ4n) is 4.28. The van der Waals surface area contributed by atoms with Crippen LogP contribution in [0.4, 0.5) is 0 Å². The van der Waals surface area contributed by atoms with Crippen LogP contribution >= 0.6 is 11.6 Å². The summed E-state index contributed by atoms with van der Waals surface area (Å²) in [5, 5.41) is 11.5. The fourth-order valence-corrected chi connectivity index (χ4v) is 4.55. The Balaban J connectivity index is 1.58. The summed E-state index contributed by atoms with van der Waals surface area (Å²) in [6.07, 6.45) is 3.57. The molecule has 0 amide bonds. The van der Waals surface area contributed by atoms with Crippen LogP contribution in [0.2, 0.25) is 5.02 Å². The molecule has 168 valence electrons. The van der Waals surface area contributed by atoms with Crippen molar-refractivity contribution in [1.82, 2.24) is 0 Å². The average molecular weight is 452 g/mol. The van der Waals surface area contributed by atoms with Gasteiger partial charge in [0.05, 0.1) is 11.1 Å². The molecule has 0 spiro atoms. The zero-order valence-electron chi connectivity index (χ0n) is 18.1. The molecule has 3 aromatic carbocycles. The van der Waals surface area contributed by atoms with Gasteiger partial charge >= 0.3 is 0 Å². The molecule has 1 aliphatic carbocycles. The summed E-state index contributed by atoms with van der Waals surface area (Å²) in [4.78, 5) is 0. The van der Waals surface area contributed by atoms with E-state index in [-0.39, 0.29) is 6.04 Å². The topological polar surface area (TPSA) is 64.7 Å². The average Bonchev–Trinajstić information content (AvgIpc) is 3.37. The number of ether oxygens (including phenoxy) is 2. The zero-order chi connectivity index (χ0) is 22.3. The van der Waals surface area contributed by atoms with E-state index in [1.165, 1.54) is 0 Å². The van der Waals surface area contributed by atoms with Crippen LogP contribution in [0.15, 0.2) is 72.8 Å². The lowest BCUT2D eigenvalue weighted by Gasteiger charge is -2.26. The summed E-state index contributed by atoms with van der Waals surface area (Å²) in [7, 11) is 0. The van der Waals surface area contributed by atoms with E-state index in [1.807, 2.05) is 60.7 Å². The zero-order valence-corrected chi connectivity index (χ0v) is 18.9. The van der Waals surface area contributed by atoms with Crippen molar-refractivity contribution in [3.8, 4) is 11.5 Å². The summed E-state index contributed by atoms with van der Waals surface area (Å²) in [6.45, 7) is 0.775. The smallest absolute Gasteiger partial charge is 0.163 e. The highest BCUT2D eigenvalue weighted by atomic mass is 35.5. The summed E-state index contributed by atoms with van der Waals surface area (Å²) in [5.41, 5.74) is 9.10. The molecule has 2 unspecified atom stereocenters. The molecule has 1 fully saturated rings. The Kier molecular flexibility index (Phi) is 7.69. The highest BCUT2D eigenvalue weighted by Gasteiger charge is 2.30. The maximum atomic E-state index is 11.0. The molecule has 0 bridgehead atoms. The Labute approximate surface area is 194 Å². The highest BCUT2D eigenvalue weighted by molar-refractivity contribution is 6.31.